The summed E-state index contributed by atoms with van der Waals surface area (Å²) in [5.74, 6) is -0.638. The standard InChI is InChI=1S/C26H19Cl2N3O3S/c1-34-23-12-20(30-13-16-4-2-3-5-17(16)14-30)7-6-15(23)8-22-24(32)29-26(35)31(25(22)33)21-10-18(27)9-19(28)11-21/h2-12H,13-14H2,1H3,(H,29,32,35)/b22-8-. The number of methoxy groups -OCH3 is 1. The van der Waals surface area contributed by atoms with E-state index in [-0.39, 0.29) is 10.7 Å². The van der Waals surface area contributed by atoms with Crippen LogP contribution in [0.3, 0.4) is 0 Å². The maximum atomic E-state index is 13.3. The van der Waals surface area contributed by atoms with E-state index in [9.17, 15) is 9.59 Å². The summed E-state index contributed by atoms with van der Waals surface area (Å²) in [5.41, 5.74) is 4.42. The summed E-state index contributed by atoms with van der Waals surface area (Å²) < 4.78 is 5.61. The molecule has 3 aromatic carbocycles. The van der Waals surface area contributed by atoms with Crippen LogP contribution in [0.2, 0.25) is 10.0 Å². The van der Waals surface area contributed by atoms with E-state index in [1.54, 1.807) is 25.3 Å². The van der Waals surface area contributed by atoms with Crippen molar-refractivity contribution in [2.45, 2.75) is 13.1 Å². The van der Waals surface area contributed by atoms with Gasteiger partial charge in [-0.3, -0.25) is 19.8 Å². The molecule has 176 valence electrons. The summed E-state index contributed by atoms with van der Waals surface area (Å²) in [6.07, 6.45) is 1.50. The Morgan fingerprint density at radius 3 is 2.23 bits per heavy atom. The highest BCUT2D eigenvalue weighted by Gasteiger charge is 2.35. The molecular weight excluding hydrogens is 505 g/mol. The van der Waals surface area contributed by atoms with Gasteiger partial charge in [-0.2, -0.15) is 0 Å². The van der Waals surface area contributed by atoms with Crippen molar-refractivity contribution in [2.75, 3.05) is 16.9 Å². The fourth-order valence-electron chi connectivity index (χ4n) is 4.25. The first-order chi connectivity index (χ1) is 16.8. The monoisotopic (exact) mass is 523 g/mol. The SMILES string of the molecule is COc1cc(N2Cc3ccccc3C2)ccc1/C=C1/C(=O)NC(=S)N(c2cc(Cl)cc(Cl)c2)C1=O. The normalized spacial score (nSPS) is 16.5. The number of carbonyl (C=O) groups is 2. The van der Waals surface area contributed by atoms with Gasteiger partial charge in [-0.15, -0.1) is 0 Å². The molecule has 1 N–H and O–H groups in total. The Hall–Kier alpha value is -3.39. The Labute approximate surface area is 217 Å². The molecule has 2 aliphatic rings. The molecule has 0 bridgehead atoms. The fourth-order valence-corrected chi connectivity index (χ4v) is 5.04. The van der Waals surface area contributed by atoms with Crippen molar-refractivity contribution < 1.29 is 14.3 Å². The molecule has 2 aliphatic heterocycles. The molecule has 5 rings (SSSR count). The lowest BCUT2D eigenvalue weighted by Crippen LogP contribution is -2.54. The van der Waals surface area contributed by atoms with Crippen molar-refractivity contribution in [2.24, 2.45) is 0 Å². The molecular formula is C26H19Cl2N3O3S. The predicted octanol–water partition coefficient (Wildman–Crippen LogP) is 5.35. The third kappa shape index (κ3) is 4.50. The quantitative estimate of drug-likeness (QED) is 0.283. The maximum absolute atomic E-state index is 13.3. The van der Waals surface area contributed by atoms with Crippen LogP contribution in [-0.4, -0.2) is 24.0 Å². The van der Waals surface area contributed by atoms with Crippen LogP contribution in [0.5, 0.6) is 5.75 Å². The van der Waals surface area contributed by atoms with Crippen LogP contribution in [-0.2, 0) is 22.7 Å². The van der Waals surface area contributed by atoms with Gasteiger partial charge in [0.2, 0.25) is 0 Å². The molecule has 0 radical (unpaired) electrons. The lowest BCUT2D eigenvalue weighted by Gasteiger charge is -2.29. The number of hydrogen-bond donors (Lipinski definition) is 1. The highest BCUT2D eigenvalue weighted by atomic mass is 35.5. The van der Waals surface area contributed by atoms with Gasteiger partial charge < -0.3 is 9.64 Å². The molecule has 3 aromatic rings. The van der Waals surface area contributed by atoms with Crippen LogP contribution >= 0.6 is 35.4 Å². The van der Waals surface area contributed by atoms with Gasteiger partial charge in [0.1, 0.15) is 11.3 Å². The number of ether oxygens (including phenoxy) is 1. The number of fused-ring (bicyclic) bond motifs is 1. The van der Waals surface area contributed by atoms with E-state index < -0.39 is 11.8 Å². The van der Waals surface area contributed by atoms with Crippen molar-refractivity contribution in [1.29, 1.82) is 0 Å². The van der Waals surface area contributed by atoms with Crippen LogP contribution in [0.4, 0.5) is 11.4 Å². The number of rotatable bonds is 4. The third-order valence-corrected chi connectivity index (χ3v) is 6.65. The van der Waals surface area contributed by atoms with Gasteiger partial charge in [0.05, 0.1) is 12.8 Å². The van der Waals surface area contributed by atoms with Crippen molar-refractivity contribution in [3.63, 3.8) is 0 Å². The molecule has 2 amide bonds. The predicted molar refractivity (Wildman–Crippen MR) is 142 cm³/mol. The molecule has 0 atom stereocenters. The average molecular weight is 524 g/mol. The van der Waals surface area contributed by atoms with Gasteiger partial charge in [0, 0.05) is 40.5 Å². The van der Waals surface area contributed by atoms with E-state index in [1.165, 1.54) is 22.1 Å². The van der Waals surface area contributed by atoms with E-state index in [0.29, 0.717) is 27.0 Å². The lowest BCUT2D eigenvalue weighted by molar-refractivity contribution is -0.122. The van der Waals surface area contributed by atoms with Crippen LogP contribution in [0.15, 0.2) is 66.2 Å². The largest absolute Gasteiger partial charge is 0.496 e. The fraction of sp³-hybridized carbons (Fsp3) is 0.115. The summed E-state index contributed by atoms with van der Waals surface area (Å²) in [4.78, 5) is 29.5. The molecule has 35 heavy (non-hydrogen) atoms. The summed E-state index contributed by atoms with van der Waals surface area (Å²) >= 11 is 17.5. The summed E-state index contributed by atoms with van der Waals surface area (Å²) in [5, 5.41) is 3.20. The summed E-state index contributed by atoms with van der Waals surface area (Å²) in [6, 6.07) is 18.7. The molecule has 0 saturated carbocycles. The molecule has 1 fully saturated rings. The van der Waals surface area contributed by atoms with E-state index >= 15 is 0 Å². The molecule has 0 aromatic heterocycles. The van der Waals surface area contributed by atoms with Gasteiger partial charge >= 0.3 is 0 Å². The molecule has 6 nitrogen and oxygen atoms in total. The van der Waals surface area contributed by atoms with E-state index in [2.05, 4.69) is 22.3 Å². The summed E-state index contributed by atoms with van der Waals surface area (Å²) in [7, 11) is 1.55. The zero-order valence-electron chi connectivity index (χ0n) is 18.5. The van der Waals surface area contributed by atoms with Gasteiger partial charge in [-0.1, -0.05) is 47.5 Å². The maximum Gasteiger partial charge on any atom is 0.270 e. The van der Waals surface area contributed by atoms with Gasteiger partial charge in [-0.25, -0.2) is 0 Å². The van der Waals surface area contributed by atoms with Gasteiger partial charge in [0.15, 0.2) is 5.11 Å². The zero-order chi connectivity index (χ0) is 24.7. The number of carbonyl (C=O) groups excluding carboxylic acids is 2. The highest BCUT2D eigenvalue weighted by molar-refractivity contribution is 7.80. The van der Waals surface area contributed by atoms with E-state index in [0.717, 1.165) is 18.8 Å². The number of nitrogens with zero attached hydrogens (tertiary/aromatic N) is 2. The van der Waals surface area contributed by atoms with Gasteiger partial charge in [-0.05, 0) is 59.8 Å². The molecule has 1 saturated heterocycles. The van der Waals surface area contributed by atoms with E-state index in [4.69, 9.17) is 40.2 Å². The molecule has 9 heteroatoms. The van der Waals surface area contributed by atoms with Crippen molar-refractivity contribution >= 4 is 69.8 Å². The minimum Gasteiger partial charge on any atom is -0.496 e. The Bertz CT molecular complexity index is 1380. The second kappa shape index (κ2) is 9.34. The van der Waals surface area contributed by atoms with Crippen LogP contribution in [0.25, 0.3) is 6.08 Å². The van der Waals surface area contributed by atoms with Crippen molar-refractivity contribution in [3.05, 3.63) is 93.0 Å². The minimum absolute atomic E-state index is 0.0496. The first kappa shape index (κ1) is 23.4. The molecule has 0 unspecified atom stereocenters. The minimum atomic E-state index is -0.592. The molecule has 2 heterocycles. The number of anilines is 2. The Kier molecular flexibility index (Phi) is 6.23. The first-order valence-electron chi connectivity index (χ1n) is 10.7. The van der Waals surface area contributed by atoms with Crippen LogP contribution < -0.4 is 19.9 Å². The average Bonchev–Trinajstić information content (AvgIpc) is 3.25. The Morgan fingerprint density at radius 1 is 0.943 bits per heavy atom. The van der Waals surface area contributed by atoms with Gasteiger partial charge in [0.25, 0.3) is 11.8 Å². The van der Waals surface area contributed by atoms with Crippen LogP contribution in [0.1, 0.15) is 16.7 Å². The zero-order valence-corrected chi connectivity index (χ0v) is 20.9. The van der Waals surface area contributed by atoms with Crippen molar-refractivity contribution in [3.8, 4) is 5.75 Å². The number of halogens is 2. The third-order valence-electron chi connectivity index (χ3n) is 5.93. The molecule has 0 spiro atoms. The topological polar surface area (TPSA) is 61.9 Å². The number of thiocarbonyl (C=S) groups is 1. The Balaban J connectivity index is 1.47. The second-order valence-electron chi connectivity index (χ2n) is 8.14. The molecule has 0 aliphatic carbocycles. The first-order valence-corrected chi connectivity index (χ1v) is 11.9. The lowest BCUT2D eigenvalue weighted by atomic mass is 10.1. The van der Waals surface area contributed by atoms with Crippen LogP contribution in [0, 0.1) is 0 Å². The Morgan fingerprint density at radius 2 is 1.60 bits per heavy atom. The van der Waals surface area contributed by atoms with E-state index in [1.807, 2.05) is 30.3 Å². The summed E-state index contributed by atoms with van der Waals surface area (Å²) in [6.45, 7) is 1.60. The van der Waals surface area contributed by atoms with Crippen molar-refractivity contribution in [1.82, 2.24) is 5.32 Å². The number of hydrogen-bond acceptors (Lipinski definition) is 5. The number of nitrogens with one attached hydrogen (secondary N) is 1. The second-order valence-corrected chi connectivity index (χ2v) is 9.40. The number of amides is 2. The number of benzene rings is 3. The smallest absolute Gasteiger partial charge is 0.270 e. The highest BCUT2D eigenvalue weighted by Crippen LogP contribution is 2.34.